The first-order valence-corrected chi connectivity index (χ1v) is 6.82. The number of benzene rings is 1. The first-order chi connectivity index (χ1) is 8.20. The third-order valence-electron chi connectivity index (χ3n) is 2.16. The number of nitrogens with two attached hydrogens (primary N) is 1. The van der Waals surface area contributed by atoms with Gasteiger partial charge in [-0.05, 0) is 12.1 Å². The van der Waals surface area contributed by atoms with Gasteiger partial charge in [0.05, 0.1) is 17.3 Å². The van der Waals surface area contributed by atoms with Crippen LogP contribution in [0, 0.1) is 0 Å². The molecule has 1 atom stereocenters. The maximum absolute atomic E-state index is 11.1. The van der Waals surface area contributed by atoms with E-state index in [2.05, 4.69) is 9.72 Å². The van der Waals surface area contributed by atoms with Crippen molar-refractivity contribution in [2.45, 2.75) is 10.4 Å². The minimum atomic E-state index is -0.600. The Morgan fingerprint density at radius 1 is 1.59 bits per heavy atom. The molecular weight excluding hydrogens is 256 g/mol. The van der Waals surface area contributed by atoms with Gasteiger partial charge in [0.1, 0.15) is 6.04 Å². The van der Waals surface area contributed by atoms with Crippen LogP contribution in [-0.2, 0) is 9.53 Å². The van der Waals surface area contributed by atoms with Gasteiger partial charge in [-0.1, -0.05) is 23.9 Å². The second kappa shape index (κ2) is 5.48. The highest BCUT2D eigenvalue weighted by molar-refractivity contribution is 8.01. The molecule has 1 aromatic heterocycles. The van der Waals surface area contributed by atoms with E-state index >= 15 is 0 Å². The van der Waals surface area contributed by atoms with Gasteiger partial charge in [0, 0.05) is 5.75 Å². The second-order valence-electron chi connectivity index (χ2n) is 3.39. The summed E-state index contributed by atoms with van der Waals surface area (Å²) in [5.41, 5.74) is 6.63. The Morgan fingerprint density at radius 2 is 2.35 bits per heavy atom. The van der Waals surface area contributed by atoms with Crippen molar-refractivity contribution in [3.8, 4) is 0 Å². The summed E-state index contributed by atoms with van der Waals surface area (Å²) in [6.07, 6.45) is 0. The molecule has 0 fully saturated rings. The Balaban J connectivity index is 2.01. The van der Waals surface area contributed by atoms with Crippen LogP contribution in [-0.4, -0.2) is 29.9 Å². The molecule has 6 heteroatoms. The maximum atomic E-state index is 11.1. The van der Waals surface area contributed by atoms with Crippen molar-refractivity contribution in [2.24, 2.45) is 5.73 Å². The highest BCUT2D eigenvalue weighted by Gasteiger charge is 2.15. The zero-order valence-electron chi connectivity index (χ0n) is 9.25. The molecule has 2 rings (SSSR count). The predicted octanol–water partition coefficient (Wildman–Crippen LogP) is 1.89. The van der Waals surface area contributed by atoms with Crippen molar-refractivity contribution in [1.29, 1.82) is 0 Å². The van der Waals surface area contributed by atoms with Crippen molar-refractivity contribution in [1.82, 2.24) is 4.98 Å². The number of ether oxygens (including phenoxy) is 1. The number of nitrogens with zero attached hydrogens (tertiary/aromatic N) is 1. The molecule has 4 nitrogen and oxygen atoms in total. The van der Waals surface area contributed by atoms with Crippen LogP contribution in [0.15, 0.2) is 28.6 Å². The summed E-state index contributed by atoms with van der Waals surface area (Å²) < 4.78 is 6.63. The van der Waals surface area contributed by atoms with E-state index in [-0.39, 0.29) is 0 Å². The third-order valence-corrected chi connectivity index (χ3v) is 4.46. The lowest BCUT2D eigenvalue weighted by Crippen LogP contribution is -2.33. The van der Waals surface area contributed by atoms with Gasteiger partial charge >= 0.3 is 5.97 Å². The van der Waals surface area contributed by atoms with Crippen LogP contribution < -0.4 is 5.73 Å². The van der Waals surface area contributed by atoms with Gasteiger partial charge in [0.15, 0.2) is 4.34 Å². The van der Waals surface area contributed by atoms with Gasteiger partial charge in [-0.3, -0.25) is 4.79 Å². The molecule has 0 aliphatic rings. The zero-order valence-corrected chi connectivity index (χ0v) is 10.9. The predicted molar refractivity (Wildman–Crippen MR) is 70.3 cm³/mol. The highest BCUT2D eigenvalue weighted by Crippen LogP contribution is 2.29. The molecule has 2 aromatic rings. The normalized spacial score (nSPS) is 12.6. The molecule has 0 spiro atoms. The molecule has 90 valence electrons. The van der Waals surface area contributed by atoms with Gasteiger partial charge in [0.2, 0.25) is 0 Å². The molecule has 17 heavy (non-hydrogen) atoms. The fourth-order valence-electron chi connectivity index (χ4n) is 1.29. The average Bonchev–Trinajstić information content (AvgIpc) is 2.77. The molecular formula is C11H12N2O2S2. The van der Waals surface area contributed by atoms with Gasteiger partial charge in [0.25, 0.3) is 0 Å². The average molecular weight is 268 g/mol. The Labute approximate surface area is 107 Å². The fourth-order valence-corrected chi connectivity index (χ4v) is 3.32. The number of thioether (sulfide) groups is 1. The molecule has 0 amide bonds. The van der Waals surface area contributed by atoms with Crippen LogP contribution in [0.4, 0.5) is 0 Å². The minimum absolute atomic E-state index is 0.390. The lowest BCUT2D eigenvalue weighted by Gasteiger charge is -2.06. The molecule has 0 saturated carbocycles. The summed E-state index contributed by atoms with van der Waals surface area (Å²) >= 11 is 3.08. The van der Waals surface area contributed by atoms with E-state index in [1.165, 1.54) is 18.9 Å². The summed E-state index contributed by atoms with van der Waals surface area (Å²) in [4.78, 5) is 15.6. The second-order valence-corrected chi connectivity index (χ2v) is 5.69. The Hall–Kier alpha value is -1.11. The Kier molecular flexibility index (Phi) is 3.98. The number of rotatable bonds is 4. The monoisotopic (exact) mass is 268 g/mol. The van der Waals surface area contributed by atoms with E-state index in [9.17, 15) is 4.79 Å². The van der Waals surface area contributed by atoms with Gasteiger partial charge in [-0.2, -0.15) is 0 Å². The van der Waals surface area contributed by atoms with Gasteiger partial charge < -0.3 is 10.5 Å². The molecule has 0 aliphatic carbocycles. The van der Waals surface area contributed by atoms with E-state index in [4.69, 9.17) is 5.73 Å². The number of hydrogen-bond donors (Lipinski definition) is 1. The van der Waals surface area contributed by atoms with Crippen LogP contribution in [0.3, 0.4) is 0 Å². The number of carbonyl (C=O) groups is 1. The maximum Gasteiger partial charge on any atom is 0.323 e. The molecule has 0 saturated heterocycles. The van der Waals surface area contributed by atoms with E-state index in [0.717, 1.165) is 14.6 Å². The van der Waals surface area contributed by atoms with Crippen molar-refractivity contribution in [3.63, 3.8) is 0 Å². The lowest BCUT2D eigenvalue weighted by atomic mass is 10.3. The Morgan fingerprint density at radius 3 is 3.06 bits per heavy atom. The number of aromatic nitrogens is 1. The molecule has 0 unspecified atom stereocenters. The standard InChI is InChI=1S/C11H12N2O2S2/c1-15-10(14)7(12)6-16-11-13-8-4-2-3-5-9(8)17-11/h2-5,7H,6,12H2,1H3/t7-/m1/s1. The van der Waals surface area contributed by atoms with Crippen LogP contribution in [0.5, 0.6) is 0 Å². The molecule has 0 bridgehead atoms. The Bertz CT molecular complexity index is 494. The highest BCUT2D eigenvalue weighted by atomic mass is 32.2. The molecule has 2 N–H and O–H groups in total. The van der Waals surface area contributed by atoms with Crippen LogP contribution in [0.2, 0.25) is 0 Å². The summed E-state index contributed by atoms with van der Waals surface area (Å²) in [7, 11) is 1.34. The van der Waals surface area contributed by atoms with Crippen molar-refractivity contribution in [2.75, 3.05) is 12.9 Å². The first kappa shape index (κ1) is 12.3. The number of esters is 1. The fraction of sp³-hybridized carbons (Fsp3) is 0.273. The van der Waals surface area contributed by atoms with E-state index in [0.29, 0.717) is 5.75 Å². The van der Waals surface area contributed by atoms with E-state index in [1.54, 1.807) is 11.3 Å². The van der Waals surface area contributed by atoms with Gasteiger partial charge in [-0.25, -0.2) is 4.98 Å². The zero-order chi connectivity index (χ0) is 12.3. The number of thiazole rings is 1. The quantitative estimate of drug-likeness (QED) is 0.677. The molecule has 0 radical (unpaired) electrons. The van der Waals surface area contributed by atoms with Crippen LogP contribution in [0.1, 0.15) is 0 Å². The summed E-state index contributed by atoms with van der Waals surface area (Å²) in [5.74, 6) is 0.0885. The van der Waals surface area contributed by atoms with E-state index < -0.39 is 12.0 Å². The number of hydrogen-bond acceptors (Lipinski definition) is 6. The third kappa shape index (κ3) is 2.96. The lowest BCUT2D eigenvalue weighted by molar-refractivity contribution is -0.141. The van der Waals surface area contributed by atoms with Crippen molar-refractivity contribution < 1.29 is 9.53 Å². The minimum Gasteiger partial charge on any atom is -0.468 e. The first-order valence-electron chi connectivity index (χ1n) is 5.02. The van der Waals surface area contributed by atoms with Crippen molar-refractivity contribution in [3.05, 3.63) is 24.3 Å². The number of fused-ring (bicyclic) bond motifs is 1. The summed E-state index contributed by atoms with van der Waals surface area (Å²) in [5, 5.41) is 0. The number of carbonyl (C=O) groups excluding carboxylic acids is 1. The van der Waals surface area contributed by atoms with Crippen molar-refractivity contribution >= 4 is 39.3 Å². The molecule has 1 heterocycles. The smallest absolute Gasteiger partial charge is 0.323 e. The number of para-hydroxylation sites is 1. The SMILES string of the molecule is COC(=O)[C@H](N)CSc1nc2ccccc2s1. The molecule has 1 aromatic carbocycles. The summed E-state index contributed by atoms with van der Waals surface area (Å²) in [6.45, 7) is 0. The topological polar surface area (TPSA) is 65.2 Å². The molecule has 0 aliphatic heterocycles. The number of methoxy groups -OCH3 is 1. The summed E-state index contributed by atoms with van der Waals surface area (Å²) in [6, 6.07) is 7.33. The van der Waals surface area contributed by atoms with Gasteiger partial charge in [-0.15, -0.1) is 11.3 Å². The van der Waals surface area contributed by atoms with Crippen LogP contribution in [0.25, 0.3) is 10.2 Å². The largest absolute Gasteiger partial charge is 0.468 e. The van der Waals surface area contributed by atoms with Crippen LogP contribution >= 0.6 is 23.1 Å². The van der Waals surface area contributed by atoms with E-state index in [1.807, 2.05) is 24.3 Å².